The van der Waals surface area contributed by atoms with E-state index in [2.05, 4.69) is 5.32 Å². The van der Waals surface area contributed by atoms with Gasteiger partial charge in [0.15, 0.2) is 11.9 Å². The molecule has 0 bridgehead atoms. The van der Waals surface area contributed by atoms with Gasteiger partial charge >= 0.3 is 11.7 Å². The van der Waals surface area contributed by atoms with Crippen LogP contribution in [0.5, 0.6) is 5.75 Å². The van der Waals surface area contributed by atoms with Crippen molar-refractivity contribution >= 4 is 17.6 Å². The fourth-order valence-electron chi connectivity index (χ4n) is 2.01. The molecule has 0 aliphatic carbocycles. The van der Waals surface area contributed by atoms with Crippen LogP contribution in [0, 0.1) is 17.0 Å². The summed E-state index contributed by atoms with van der Waals surface area (Å²) in [5, 5.41) is 13.5. The SMILES string of the molecule is Cc1ccc(O[C@@H](C)C(=O)N2CCNC2=O)c([N+](=O)[O-])c1. The monoisotopic (exact) mass is 293 g/mol. The van der Waals surface area contributed by atoms with E-state index >= 15 is 0 Å². The minimum Gasteiger partial charge on any atom is -0.474 e. The van der Waals surface area contributed by atoms with E-state index in [1.807, 2.05) is 0 Å². The Morgan fingerprint density at radius 2 is 2.24 bits per heavy atom. The first kappa shape index (κ1) is 14.8. The van der Waals surface area contributed by atoms with Gasteiger partial charge in [0, 0.05) is 19.2 Å². The Labute approximate surface area is 120 Å². The van der Waals surface area contributed by atoms with Gasteiger partial charge in [0.05, 0.1) is 4.92 Å². The smallest absolute Gasteiger partial charge is 0.324 e. The predicted molar refractivity (Wildman–Crippen MR) is 73.0 cm³/mol. The van der Waals surface area contributed by atoms with Crippen LogP contribution in [0.2, 0.25) is 0 Å². The molecule has 0 radical (unpaired) electrons. The molecule has 0 unspecified atom stereocenters. The second-order valence-corrected chi connectivity index (χ2v) is 4.71. The Balaban J connectivity index is 2.16. The Morgan fingerprint density at radius 1 is 1.52 bits per heavy atom. The highest BCUT2D eigenvalue weighted by Gasteiger charge is 2.31. The van der Waals surface area contributed by atoms with Crippen LogP contribution in [0.3, 0.4) is 0 Å². The van der Waals surface area contributed by atoms with Gasteiger partial charge < -0.3 is 10.1 Å². The number of urea groups is 1. The number of ether oxygens (including phenoxy) is 1. The van der Waals surface area contributed by atoms with Crippen LogP contribution in [-0.2, 0) is 4.79 Å². The highest BCUT2D eigenvalue weighted by molar-refractivity contribution is 5.97. The molecule has 1 saturated heterocycles. The zero-order valence-electron chi connectivity index (χ0n) is 11.7. The second kappa shape index (κ2) is 5.78. The van der Waals surface area contributed by atoms with E-state index in [9.17, 15) is 19.7 Å². The Hall–Kier alpha value is -2.64. The molecule has 8 heteroatoms. The first-order valence-corrected chi connectivity index (χ1v) is 6.41. The summed E-state index contributed by atoms with van der Waals surface area (Å²) in [5.41, 5.74) is 0.507. The van der Waals surface area contributed by atoms with Crippen molar-refractivity contribution in [3.8, 4) is 5.75 Å². The number of nitro groups is 1. The molecule has 8 nitrogen and oxygen atoms in total. The molecule has 0 spiro atoms. The van der Waals surface area contributed by atoms with Gasteiger partial charge in [-0.15, -0.1) is 0 Å². The van der Waals surface area contributed by atoms with Gasteiger partial charge in [-0.1, -0.05) is 6.07 Å². The van der Waals surface area contributed by atoms with Crippen LogP contribution in [-0.4, -0.2) is 41.0 Å². The number of carbonyl (C=O) groups is 2. The van der Waals surface area contributed by atoms with Crippen molar-refractivity contribution in [3.63, 3.8) is 0 Å². The highest BCUT2D eigenvalue weighted by Crippen LogP contribution is 2.28. The van der Waals surface area contributed by atoms with E-state index in [1.165, 1.54) is 19.1 Å². The van der Waals surface area contributed by atoms with Gasteiger partial charge in [0.25, 0.3) is 5.91 Å². The zero-order chi connectivity index (χ0) is 15.6. The molecule has 1 fully saturated rings. The minimum absolute atomic E-state index is 0.00561. The summed E-state index contributed by atoms with van der Waals surface area (Å²) in [6.07, 6.45) is -0.991. The number of hydrogen-bond acceptors (Lipinski definition) is 5. The number of nitrogens with zero attached hydrogens (tertiary/aromatic N) is 2. The summed E-state index contributed by atoms with van der Waals surface area (Å²) in [5.74, 6) is -0.522. The van der Waals surface area contributed by atoms with E-state index in [4.69, 9.17) is 4.74 Å². The summed E-state index contributed by atoms with van der Waals surface area (Å²) in [6, 6.07) is 3.99. The molecule has 112 valence electrons. The topological polar surface area (TPSA) is 102 Å². The van der Waals surface area contributed by atoms with E-state index in [0.717, 1.165) is 4.90 Å². The molecule has 3 amide bonds. The van der Waals surface area contributed by atoms with Crippen LogP contribution in [0.25, 0.3) is 0 Å². The van der Waals surface area contributed by atoms with E-state index in [1.54, 1.807) is 13.0 Å². The quantitative estimate of drug-likeness (QED) is 0.664. The number of amides is 3. The summed E-state index contributed by atoms with van der Waals surface area (Å²) in [4.78, 5) is 35.0. The molecule has 1 aliphatic rings. The maximum atomic E-state index is 12.1. The molecule has 2 rings (SSSR count). The molecular weight excluding hydrogens is 278 g/mol. The number of nitro benzene ring substituents is 1. The van der Waals surface area contributed by atoms with Crippen LogP contribution < -0.4 is 10.1 Å². The fraction of sp³-hybridized carbons (Fsp3) is 0.385. The predicted octanol–water partition coefficient (Wildman–Crippen LogP) is 1.22. The molecule has 1 heterocycles. The third-order valence-corrected chi connectivity index (χ3v) is 3.09. The number of nitrogens with one attached hydrogen (secondary N) is 1. The number of carbonyl (C=O) groups excluding carboxylic acids is 2. The molecule has 1 aliphatic heterocycles. The molecule has 1 atom stereocenters. The van der Waals surface area contributed by atoms with Crippen LogP contribution in [0.15, 0.2) is 18.2 Å². The molecular formula is C13H15N3O5. The maximum absolute atomic E-state index is 12.1. The lowest BCUT2D eigenvalue weighted by atomic mass is 10.2. The Bertz CT molecular complexity index is 601. The normalized spacial score (nSPS) is 15.5. The van der Waals surface area contributed by atoms with Crippen molar-refractivity contribution in [1.29, 1.82) is 0 Å². The zero-order valence-corrected chi connectivity index (χ0v) is 11.7. The summed E-state index contributed by atoms with van der Waals surface area (Å²) >= 11 is 0. The molecule has 21 heavy (non-hydrogen) atoms. The maximum Gasteiger partial charge on any atom is 0.324 e. The van der Waals surface area contributed by atoms with Crippen LogP contribution in [0.1, 0.15) is 12.5 Å². The third kappa shape index (κ3) is 3.10. The first-order valence-electron chi connectivity index (χ1n) is 6.41. The average Bonchev–Trinajstić information content (AvgIpc) is 2.85. The fourth-order valence-corrected chi connectivity index (χ4v) is 2.01. The standard InChI is InChI=1S/C13H15N3O5/c1-8-3-4-11(10(7-8)16(19)20)21-9(2)12(17)15-6-5-14-13(15)18/h3-4,7,9H,5-6H2,1-2H3,(H,14,18)/t9-/m0/s1. The highest BCUT2D eigenvalue weighted by atomic mass is 16.6. The molecule has 1 aromatic carbocycles. The summed E-state index contributed by atoms with van der Waals surface area (Å²) in [7, 11) is 0. The van der Waals surface area contributed by atoms with Crippen molar-refractivity contribution in [2.45, 2.75) is 20.0 Å². The van der Waals surface area contributed by atoms with Gasteiger partial charge in [-0.25, -0.2) is 4.79 Å². The van der Waals surface area contributed by atoms with E-state index in [-0.39, 0.29) is 18.0 Å². The van der Waals surface area contributed by atoms with Crippen molar-refractivity contribution in [2.75, 3.05) is 13.1 Å². The average molecular weight is 293 g/mol. The molecule has 1 aromatic rings. The van der Waals surface area contributed by atoms with Crippen molar-refractivity contribution in [2.24, 2.45) is 0 Å². The second-order valence-electron chi connectivity index (χ2n) is 4.71. The lowest BCUT2D eigenvalue weighted by Crippen LogP contribution is -2.42. The Kier molecular flexibility index (Phi) is 4.06. The van der Waals surface area contributed by atoms with E-state index in [0.29, 0.717) is 12.1 Å². The lowest BCUT2D eigenvalue weighted by molar-refractivity contribution is -0.386. The third-order valence-electron chi connectivity index (χ3n) is 3.09. The number of benzene rings is 1. The first-order chi connectivity index (χ1) is 9.90. The van der Waals surface area contributed by atoms with Gasteiger partial charge in [-0.05, 0) is 25.5 Å². The largest absolute Gasteiger partial charge is 0.474 e. The molecule has 1 N–H and O–H groups in total. The number of imide groups is 1. The summed E-state index contributed by atoms with van der Waals surface area (Å²) in [6.45, 7) is 3.83. The van der Waals surface area contributed by atoms with Gasteiger partial charge in [-0.3, -0.25) is 19.8 Å². The Morgan fingerprint density at radius 3 is 2.81 bits per heavy atom. The number of rotatable bonds is 4. The minimum atomic E-state index is -0.991. The number of aryl methyl sites for hydroxylation is 1. The molecule has 0 saturated carbocycles. The van der Waals surface area contributed by atoms with Crippen LogP contribution >= 0.6 is 0 Å². The van der Waals surface area contributed by atoms with Crippen LogP contribution in [0.4, 0.5) is 10.5 Å². The summed E-state index contributed by atoms with van der Waals surface area (Å²) < 4.78 is 5.37. The molecule has 0 aromatic heterocycles. The van der Waals surface area contributed by atoms with Gasteiger partial charge in [0.1, 0.15) is 0 Å². The number of hydrogen-bond donors (Lipinski definition) is 1. The van der Waals surface area contributed by atoms with Gasteiger partial charge in [-0.2, -0.15) is 0 Å². The lowest BCUT2D eigenvalue weighted by Gasteiger charge is -2.19. The van der Waals surface area contributed by atoms with Crippen molar-refractivity contribution < 1.29 is 19.2 Å². The van der Waals surface area contributed by atoms with E-state index < -0.39 is 23.0 Å². The van der Waals surface area contributed by atoms with Gasteiger partial charge in [0.2, 0.25) is 0 Å². The van der Waals surface area contributed by atoms with Crippen molar-refractivity contribution in [3.05, 3.63) is 33.9 Å². The van der Waals surface area contributed by atoms with Crippen molar-refractivity contribution in [1.82, 2.24) is 10.2 Å².